The molecule has 21 heavy (non-hydrogen) atoms. The van der Waals surface area contributed by atoms with E-state index in [0.717, 1.165) is 22.3 Å². The molecule has 0 aliphatic heterocycles. The molecule has 4 nitrogen and oxygen atoms in total. The summed E-state index contributed by atoms with van der Waals surface area (Å²) in [6, 6.07) is 11.9. The summed E-state index contributed by atoms with van der Waals surface area (Å²) in [5.41, 5.74) is 2.39. The Bertz CT molecular complexity index is 695. The molecule has 2 heterocycles. The van der Waals surface area contributed by atoms with Crippen LogP contribution in [0.4, 0.5) is 10.1 Å². The quantitative estimate of drug-likeness (QED) is 0.734. The number of pyridine rings is 2. The number of halogens is 1. The van der Waals surface area contributed by atoms with Crippen molar-refractivity contribution in [2.45, 2.75) is 6.92 Å². The monoisotopic (exact) mass is 283 g/mol. The number of nitrogens with zero attached hydrogens (tertiary/aromatic N) is 2. The highest BCUT2D eigenvalue weighted by Crippen LogP contribution is 2.13. The summed E-state index contributed by atoms with van der Waals surface area (Å²) in [5, 5.41) is 3.46. The van der Waals surface area contributed by atoms with Gasteiger partial charge in [-0.15, -0.1) is 0 Å². The van der Waals surface area contributed by atoms with E-state index in [1.165, 1.54) is 12.1 Å². The van der Waals surface area contributed by atoms with Gasteiger partial charge in [-0.25, -0.2) is 4.39 Å². The second-order valence-electron chi connectivity index (χ2n) is 4.29. The number of carbonyl (C=O) groups is 1. The molecule has 0 aliphatic carbocycles. The van der Waals surface area contributed by atoms with E-state index in [-0.39, 0.29) is 5.82 Å². The molecule has 2 aromatic heterocycles. The lowest BCUT2D eigenvalue weighted by molar-refractivity contribution is -0.105. The van der Waals surface area contributed by atoms with Crippen molar-refractivity contribution in [3.63, 3.8) is 0 Å². The molecular formula is C16H14FN3O. The van der Waals surface area contributed by atoms with Crippen molar-refractivity contribution in [1.29, 1.82) is 0 Å². The topological polar surface area (TPSA) is 54.9 Å². The third kappa shape index (κ3) is 4.35. The highest BCUT2D eigenvalue weighted by Gasteiger charge is 1.96. The van der Waals surface area contributed by atoms with Crippen molar-refractivity contribution in [2.75, 3.05) is 5.32 Å². The standard InChI is InChI=1S/C10H8FN.C6H6N2O/c1-7-2-3-8-4-5-9(11)6-10(8)12-7;9-5-8-6-1-3-7-4-2-6/h2-6H,1H3;1-5H,(H,7,8,9). The SMILES string of the molecule is Cc1ccc2ccc(F)cc2n1.O=CNc1ccncc1. The number of benzene rings is 1. The Hall–Kier alpha value is -2.82. The highest BCUT2D eigenvalue weighted by molar-refractivity contribution is 5.78. The fourth-order valence-corrected chi connectivity index (χ4v) is 1.71. The number of nitrogens with one attached hydrogen (secondary N) is 1. The second kappa shape index (κ2) is 7.09. The van der Waals surface area contributed by atoms with Crippen LogP contribution >= 0.6 is 0 Å². The van der Waals surface area contributed by atoms with Crippen molar-refractivity contribution in [3.8, 4) is 0 Å². The van der Waals surface area contributed by atoms with Gasteiger partial charge in [-0.3, -0.25) is 14.8 Å². The van der Waals surface area contributed by atoms with E-state index in [1.54, 1.807) is 30.6 Å². The van der Waals surface area contributed by atoms with Crippen LogP contribution in [-0.4, -0.2) is 16.4 Å². The summed E-state index contributed by atoms with van der Waals surface area (Å²) >= 11 is 0. The molecule has 0 fully saturated rings. The molecule has 0 bridgehead atoms. The summed E-state index contributed by atoms with van der Waals surface area (Å²) < 4.78 is 12.7. The van der Waals surface area contributed by atoms with Crippen molar-refractivity contribution < 1.29 is 9.18 Å². The average Bonchev–Trinajstić information content (AvgIpc) is 2.49. The van der Waals surface area contributed by atoms with Crippen LogP contribution in [0, 0.1) is 12.7 Å². The number of aromatic nitrogens is 2. The zero-order valence-corrected chi connectivity index (χ0v) is 11.5. The molecule has 0 unspecified atom stereocenters. The molecule has 3 rings (SSSR count). The number of rotatable bonds is 2. The summed E-state index contributed by atoms with van der Waals surface area (Å²) in [6.07, 6.45) is 3.87. The van der Waals surface area contributed by atoms with E-state index >= 15 is 0 Å². The molecule has 0 radical (unpaired) electrons. The summed E-state index contributed by atoms with van der Waals surface area (Å²) in [4.78, 5) is 17.8. The molecule has 5 heteroatoms. The van der Waals surface area contributed by atoms with Crippen molar-refractivity contribution in [1.82, 2.24) is 9.97 Å². The first-order chi connectivity index (χ1) is 10.2. The van der Waals surface area contributed by atoms with E-state index in [9.17, 15) is 9.18 Å². The minimum absolute atomic E-state index is 0.236. The Kier molecular flexibility index (Phi) is 4.93. The summed E-state index contributed by atoms with van der Waals surface area (Å²) in [6.45, 7) is 1.89. The van der Waals surface area contributed by atoms with Gasteiger partial charge in [-0.1, -0.05) is 6.07 Å². The molecule has 0 saturated heterocycles. The molecule has 106 valence electrons. The number of carbonyl (C=O) groups excluding carboxylic acids is 1. The Morgan fingerprint density at radius 1 is 1.10 bits per heavy atom. The Labute approximate surface area is 121 Å². The first-order valence-corrected chi connectivity index (χ1v) is 6.32. The van der Waals surface area contributed by atoms with Crippen LogP contribution in [0.15, 0.2) is 54.9 Å². The third-order valence-electron chi connectivity index (χ3n) is 2.70. The summed E-state index contributed by atoms with van der Waals surface area (Å²) in [7, 11) is 0. The van der Waals surface area contributed by atoms with E-state index in [4.69, 9.17) is 0 Å². The van der Waals surface area contributed by atoms with Crippen LogP contribution in [0.2, 0.25) is 0 Å². The van der Waals surface area contributed by atoms with Crippen LogP contribution in [0.1, 0.15) is 5.69 Å². The van der Waals surface area contributed by atoms with Gasteiger partial charge in [0.15, 0.2) is 0 Å². The number of fused-ring (bicyclic) bond motifs is 1. The Balaban J connectivity index is 0.000000161. The summed E-state index contributed by atoms with van der Waals surface area (Å²) in [5.74, 6) is -0.236. The first kappa shape index (κ1) is 14.6. The molecule has 0 aliphatic rings. The normalized spacial score (nSPS) is 9.62. The smallest absolute Gasteiger partial charge is 0.211 e. The predicted octanol–water partition coefficient (Wildman–Crippen LogP) is 3.33. The lowest BCUT2D eigenvalue weighted by atomic mass is 10.2. The zero-order chi connectivity index (χ0) is 15.1. The minimum Gasteiger partial charge on any atom is -0.329 e. The van der Waals surface area contributed by atoms with E-state index in [1.807, 2.05) is 19.1 Å². The van der Waals surface area contributed by atoms with Gasteiger partial charge >= 0.3 is 0 Å². The number of aryl methyl sites for hydroxylation is 1. The van der Waals surface area contributed by atoms with Gasteiger partial charge in [-0.2, -0.15) is 0 Å². The van der Waals surface area contributed by atoms with Gasteiger partial charge in [0.05, 0.1) is 5.52 Å². The van der Waals surface area contributed by atoms with E-state index in [2.05, 4.69) is 15.3 Å². The van der Waals surface area contributed by atoms with E-state index < -0.39 is 0 Å². The predicted molar refractivity (Wildman–Crippen MR) is 80.4 cm³/mol. The van der Waals surface area contributed by atoms with Crippen LogP contribution in [0.3, 0.4) is 0 Å². The number of hydrogen-bond donors (Lipinski definition) is 1. The van der Waals surface area contributed by atoms with Crippen LogP contribution in [-0.2, 0) is 4.79 Å². The van der Waals surface area contributed by atoms with Crippen LogP contribution < -0.4 is 5.32 Å². The van der Waals surface area contributed by atoms with Gasteiger partial charge in [0.25, 0.3) is 0 Å². The number of hydrogen-bond acceptors (Lipinski definition) is 3. The van der Waals surface area contributed by atoms with Gasteiger partial charge in [-0.05, 0) is 37.3 Å². The third-order valence-corrected chi connectivity index (χ3v) is 2.70. The fraction of sp³-hybridized carbons (Fsp3) is 0.0625. The fourth-order valence-electron chi connectivity index (χ4n) is 1.71. The Morgan fingerprint density at radius 2 is 1.81 bits per heavy atom. The molecular weight excluding hydrogens is 269 g/mol. The van der Waals surface area contributed by atoms with Crippen molar-refractivity contribution in [3.05, 3.63) is 66.4 Å². The maximum atomic E-state index is 12.7. The molecule has 0 saturated carbocycles. The largest absolute Gasteiger partial charge is 0.329 e. The van der Waals surface area contributed by atoms with Gasteiger partial charge < -0.3 is 5.32 Å². The molecule has 1 aromatic carbocycles. The minimum atomic E-state index is -0.236. The van der Waals surface area contributed by atoms with Gasteiger partial charge in [0, 0.05) is 35.2 Å². The maximum absolute atomic E-state index is 12.7. The first-order valence-electron chi connectivity index (χ1n) is 6.32. The van der Waals surface area contributed by atoms with Crippen molar-refractivity contribution >= 4 is 23.0 Å². The van der Waals surface area contributed by atoms with Crippen LogP contribution in [0.25, 0.3) is 10.9 Å². The van der Waals surface area contributed by atoms with Crippen LogP contribution in [0.5, 0.6) is 0 Å². The van der Waals surface area contributed by atoms with Crippen molar-refractivity contribution in [2.24, 2.45) is 0 Å². The zero-order valence-electron chi connectivity index (χ0n) is 11.5. The molecule has 0 atom stereocenters. The molecule has 1 N–H and O–H groups in total. The lowest BCUT2D eigenvalue weighted by Gasteiger charge is -1.97. The Morgan fingerprint density at radius 3 is 2.52 bits per heavy atom. The second-order valence-corrected chi connectivity index (χ2v) is 4.29. The van der Waals surface area contributed by atoms with Gasteiger partial charge in [0.1, 0.15) is 5.82 Å². The maximum Gasteiger partial charge on any atom is 0.211 e. The van der Waals surface area contributed by atoms with E-state index in [0.29, 0.717) is 6.41 Å². The lowest BCUT2D eigenvalue weighted by Crippen LogP contribution is -1.92. The number of amides is 1. The molecule has 0 spiro atoms. The molecule has 1 amide bonds. The molecule has 3 aromatic rings. The number of anilines is 1. The highest BCUT2D eigenvalue weighted by atomic mass is 19.1. The average molecular weight is 283 g/mol. The van der Waals surface area contributed by atoms with Gasteiger partial charge in [0.2, 0.25) is 6.41 Å².